The van der Waals surface area contributed by atoms with Gasteiger partial charge in [-0.3, -0.25) is 4.79 Å². The average molecular weight is 560 g/mol. The Labute approximate surface area is 244 Å². The molecule has 4 aliphatic rings. The summed E-state index contributed by atoms with van der Waals surface area (Å²) in [5.74, 6) is 1.83. The van der Waals surface area contributed by atoms with Crippen molar-refractivity contribution in [3.8, 4) is 5.75 Å². The van der Waals surface area contributed by atoms with E-state index in [1.165, 1.54) is 12.0 Å². The van der Waals surface area contributed by atoms with E-state index in [1.54, 1.807) is 7.11 Å². The van der Waals surface area contributed by atoms with Gasteiger partial charge in [-0.1, -0.05) is 48.9 Å². The van der Waals surface area contributed by atoms with Gasteiger partial charge >= 0.3 is 6.09 Å². The smallest absolute Gasteiger partial charge is 0.410 e. The molecular weight excluding hydrogens is 514 g/mol. The minimum atomic E-state index is -0.215. The first-order valence-electron chi connectivity index (χ1n) is 15.7. The van der Waals surface area contributed by atoms with Crippen LogP contribution in [0.2, 0.25) is 0 Å². The van der Waals surface area contributed by atoms with Crippen LogP contribution in [0.1, 0.15) is 68.4 Å². The van der Waals surface area contributed by atoms with Gasteiger partial charge in [0.05, 0.1) is 12.5 Å². The fourth-order valence-corrected chi connectivity index (χ4v) is 7.64. The van der Waals surface area contributed by atoms with Crippen molar-refractivity contribution in [1.29, 1.82) is 0 Å². The molecule has 1 aliphatic carbocycles. The third-order valence-corrected chi connectivity index (χ3v) is 10.2. The van der Waals surface area contributed by atoms with Crippen molar-refractivity contribution in [2.24, 2.45) is 11.3 Å². The Bertz CT molecular complexity index is 1170. The summed E-state index contributed by atoms with van der Waals surface area (Å²) in [7, 11) is 1.67. The van der Waals surface area contributed by atoms with Gasteiger partial charge < -0.3 is 24.2 Å². The third-order valence-electron chi connectivity index (χ3n) is 10.2. The van der Waals surface area contributed by atoms with E-state index in [2.05, 4.69) is 52.3 Å². The first kappa shape index (κ1) is 28.1. The predicted octanol–water partition coefficient (Wildman–Crippen LogP) is 5.69. The van der Waals surface area contributed by atoms with E-state index < -0.39 is 0 Å². The van der Waals surface area contributed by atoms with Gasteiger partial charge in [-0.05, 0) is 87.2 Å². The van der Waals surface area contributed by atoms with Gasteiger partial charge in [0, 0.05) is 38.6 Å². The lowest BCUT2D eigenvalue weighted by Crippen LogP contribution is -2.46. The van der Waals surface area contributed by atoms with Crippen molar-refractivity contribution in [2.75, 3.05) is 46.4 Å². The quantitative estimate of drug-likeness (QED) is 0.436. The summed E-state index contributed by atoms with van der Waals surface area (Å²) in [5.41, 5.74) is 2.24. The van der Waals surface area contributed by atoms with Crippen LogP contribution in [-0.2, 0) is 16.1 Å². The zero-order valence-electron chi connectivity index (χ0n) is 24.5. The highest BCUT2D eigenvalue weighted by atomic mass is 16.6. The minimum absolute atomic E-state index is 0.0805. The molecule has 3 aliphatic heterocycles. The number of rotatable bonds is 7. The second-order valence-corrected chi connectivity index (χ2v) is 12.7. The zero-order valence-corrected chi connectivity index (χ0v) is 24.5. The molecule has 2 atom stereocenters. The summed E-state index contributed by atoms with van der Waals surface area (Å²) in [6, 6.07) is 18.7. The fraction of sp³-hybridized carbons (Fsp3) is 0.588. The average Bonchev–Trinajstić information content (AvgIpc) is 3.57. The van der Waals surface area contributed by atoms with E-state index in [9.17, 15) is 9.59 Å². The van der Waals surface area contributed by atoms with Crippen LogP contribution < -0.4 is 4.74 Å². The molecule has 1 saturated carbocycles. The maximum Gasteiger partial charge on any atom is 0.410 e. The highest BCUT2D eigenvalue weighted by Crippen LogP contribution is 2.43. The van der Waals surface area contributed by atoms with Gasteiger partial charge in [0.15, 0.2) is 0 Å². The Morgan fingerprint density at radius 3 is 2.32 bits per heavy atom. The second kappa shape index (κ2) is 12.4. The normalized spacial score (nSPS) is 25.1. The molecule has 2 amide bonds. The molecule has 0 radical (unpaired) electrons. The molecule has 3 saturated heterocycles. The number of carbonyl (C=O) groups is 2. The summed E-state index contributed by atoms with van der Waals surface area (Å²) in [6.45, 7) is 5.79. The molecule has 1 spiro atoms. The number of carbonyl (C=O) groups excluding carboxylic acids is 2. The molecule has 0 N–H and O–H groups in total. The summed E-state index contributed by atoms with van der Waals surface area (Å²) < 4.78 is 11.2. The number of amides is 2. The largest absolute Gasteiger partial charge is 0.497 e. The van der Waals surface area contributed by atoms with Crippen LogP contribution in [0.3, 0.4) is 0 Å². The van der Waals surface area contributed by atoms with Gasteiger partial charge in [-0.25, -0.2) is 4.79 Å². The summed E-state index contributed by atoms with van der Waals surface area (Å²) in [4.78, 5) is 33.3. The molecule has 41 heavy (non-hydrogen) atoms. The topological polar surface area (TPSA) is 62.3 Å². The first-order chi connectivity index (χ1) is 20.0. The molecule has 0 aromatic heterocycles. The molecule has 220 valence electrons. The van der Waals surface area contributed by atoms with Crippen molar-refractivity contribution >= 4 is 12.0 Å². The molecule has 7 nitrogen and oxygen atoms in total. The van der Waals surface area contributed by atoms with E-state index in [0.29, 0.717) is 24.3 Å². The number of piperidine rings is 1. The summed E-state index contributed by atoms with van der Waals surface area (Å²) >= 11 is 0. The highest BCUT2D eigenvalue weighted by Gasteiger charge is 2.48. The Hall–Kier alpha value is -3.06. The van der Waals surface area contributed by atoms with Crippen molar-refractivity contribution < 1.29 is 19.1 Å². The molecule has 7 heteroatoms. The number of ether oxygens (including phenoxy) is 2. The van der Waals surface area contributed by atoms with E-state index in [1.807, 2.05) is 17.0 Å². The Balaban J connectivity index is 1.06. The number of hydrogen-bond acceptors (Lipinski definition) is 5. The molecule has 6 rings (SSSR count). The van der Waals surface area contributed by atoms with Crippen LogP contribution in [0, 0.1) is 11.3 Å². The van der Waals surface area contributed by atoms with Crippen LogP contribution >= 0.6 is 0 Å². The van der Waals surface area contributed by atoms with Crippen LogP contribution in [0.25, 0.3) is 0 Å². The van der Waals surface area contributed by atoms with Gasteiger partial charge in [0.25, 0.3) is 0 Å². The maximum atomic E-state index is 13.6. The molecule has 2 aromatic rings. The third kappa shape index (κ3) is 6.25. The fourth-order valence-electron chi connectivity index (χ4n) is 7.64. The van der Waals surface area contributed by atoms with Gasteiger partial charge in [-0.2, -0.15) is 0 Å². The predicted molar refractivity (Wildman–Crippen MR) is 159 cm³/mol. The number of nitrogens with zero attached hydrogens (tertiary/aromatic N) is 3. The van der Waals surface area contributed by atoms with E-state index >= 15 is 0 Å². The van der Waals surface area contributed by atoms with Gasteiger partial charge in [-0.15, -0.1) is 0 Å². The maximum absolute atomic E-state index is 13.6. The number of likely N-dealkylation sites (tertiary alicyclic amines) is 3. The summed E-state index contributed by atoms with van der Waals surface area (Å²) in [6.07, 6.45) is 8.29. The monoisotopic (exact) mass is 559 g/mol. The van der Waals surface area contributed by atoms with E-state index in [-0.39, 0.29) is 17.6 Å². The molecule has 0 bridgehead atoms. The van der Waals surface area contributed by atoms with E-state index in [4.69, 9.17) is 9.47 Å². The van der Waals surface area contributed by atoms with Crippen molar-refractivity contribution in [2.45, 2.75) is 69.9 Å². The Kier molecular flexibility index (Phi) is 8.52. The van der Waals surface area contributed by atoms with Crippen LogP contribution in [0.5, 0.6) is 5.75 Å². The lowest BCUT2D eigenvalue weighted by Gasteiger charge is -2.39. The minimum Gasteiger partial charge on any atom is -0.497 e. The lowest BCUT2D eigenvalue weighted by atomic mass is 9.76. The van der Waals surface area contributed by atoms with Crippen molar-refractivity contribution in [3.63, 3.8) is 0 Å². The van der Waals surface area contributed by atoms with Crippen molar-refractivity contribution in [1.82, 2.24) is 14.7 Å². The Morgan fingerprint density at radius 2 is 1.61 bits per heavy atom. The SMILES string of the molecule is COc1ccc(CN2CCC3(CCN(CC4CN(C(=O)OC5CCCCC5)CC4c4ccccc4)CC3)C2=O)cc1. The van der Waals surface area contributed by atoms with Gasteiger partial charge in [0.1, 0.15) is 11.9 Å². The molecule has 3 heterocycles. The van der Waals surface area contributed by atoms with Crippen LogP contribution in [0.4, 0.5) is 4.79 Å². The first-order valence-corrected chi connectivity index (χ1v) is 15.7. The lowest BCUT2D eigenvalue weighted by molar-refractivity contribution is -0.139. The number of methoxy groups -OCH3 is 1. The highest BCUT2D eigenvalue weighted by molar-refractivity contribution is 5.85. The van der Waals surface area contributed by atoms with Gasteiger partial charge in [0.2, 0.25) is 5.91 Å². The zero-order chi connectivity index (χ0) is 28.2. The standard InChI is InChI=1S/C34H45N3O4/c1-40-29-14-12-26(13-15-29)22-36-21-18-34(32(36)38)16-19-35(20-17-34)23-28-24-37(25-31(28)27-8-4-2-5-9-27)33(39)41-30-10-6-3-7-11-30/h2,4-5,8-9,12-15,28,30-31H,3,6-7,10-11,16-25H2,1H3. The van der Waals surface area contributed by atoms with Crippen molar-refractivity contribution in [3.05, 3.63) is 65.7 Å². The molecule has 2 aromatic carbocycles. The number of hydrogen-bond donors (Lipinski definition) is 0. The summed E-state index contributed by atoms with van der Waals surface area (Å²) in [5, 5.41) is 0. The van der Waals surface area contributed by atoms with E-state index in [0.717, 1.165) is 95.5 Å². The van der Waals surface area contributed by atoms with Crippen LogP contribution in [0.15, 0.2) is 54.6 Å². The molecular formula is C34H45N3O4. The molecule has 2 unspecified atom stereocenters. The Morgan fingerprint density at radius 1 is 0.902 bits per heavy atom. The molecule has 4 fully saturated rings. The van der Waals surface area contributed by atoms with Crippen LogP contribution in [-0.4, -0.2) is 79.2 Å². The number of benzene rings is 2. The second-order valence-electron chi connectivity index (χ2n) is 12.7.